The number of aryl methyl sites for hydroxylation is 1. The van der Waals surface area contributed by atoms with E-state index < -0.39 is 0 Å². The van der Waals surface area contributed by atoms with Crippen molar-refractivity contribution in [1.82, 2.24) is 5.32 Å². The summed E-state index contributed by atoms with van der Waals surface area (Å²) in [4.78, 5) is 0. The summed E-state index contributed by atoms with van der Waals surface area (Å²) in [5.74, 6) is 0. The van der Waals surface area contributed by atoms with Crippen LogP contribution in [0, 0.1) is 6.92 Å². The van der Waals surface area contributed by atoms with Crippen LogP contribution in [-0.2, 0) is 4.74 Å². The standard InChI is InChI=1S/C16H26ClNO/c1-5-10-18-16(9-7-13(3)19-4)14-8-6-12(2)15(17)11-14/h6,8,11,13,16,18H,5,7,9-10H2,1-4H3. The molecular weight excluding hydrogens is 258 g/mol. The maximum Gasteiger partial charge on any atom is 0.0543 e. The van der Waals surface area contributed by atoms with Crippen molar-refractivity contribution in [2.24, 2.45) is 0 Å². The third-order valence-electron chi connectivity index (χ3n) is 3.50. The molecule has 2 atom stereocenters. The van der Waals surface area contributed by atoms with Crippen LogP contribution in [0.15, 0.2) is 18.2 Å². The second-order valence-corrected chi connectivity index (χ2v) is 5.55. The summed E-state index contributed by atoms with van der Waals surface area (Å²) in [5.41, 5.74) is 2.40. The van der Waals surface area contributed by atoms with E-state index in [4.69, 9.17) is 16.3 Å². The van der Waals surface area contributed by atoms with Crippen molar-refractivity contribution >= 4 is 11.6 Å². The van der Waals surface area contributed by atoms with Gasteiger partial charge < -0.3 is 10.1 Å². The van der Waals surface area contributed by atoms with E-state index in [0.717, 1.165) is 36.4 Å². The van der Waals surface area contributed by atoms with E-state index in [-0.39, 0.29) is 0 Å². The van der Waals surface area contributed by atoms with Crippen molar-refractivity contribution in [1.29, 1.82) is 0 Å². The van der Waals surface area contributed by atoms with Gasteiger partial charge in [-0.25, -0.2) is 0 Å². The summed E-state index contributed by atoms with van der Waals surface area (Å²) in [6, 6.07) is 6.71. The number of methoxy groups -OCH3 is 1. The topological polar surface area (TPSA) is 21.3 Å². The molecule has 0 aliphatic rings. The van der Waals surface area contributed by atoms with Crippen LogP contribution < -0.4 is 5.32 Å². The van der Waals surface area contributed by atoms with Gasteiger partial charge in [-0.2, -0.15) is 0 Å². The number of hydrogen-bond donors (Lipinski definition) is 1. The molecule has 1 N–H and O–H groups in total. The predicted molar refractivity (Wildman–Crippen MR) is 82.9 cm³/mol. The van der Waals surface area contributed by atoms with E-state index in [0.29, 0.717) is 12.1 Å². The average molecular weight is 284 g/mol. The van der Waals surface area contributed by atoms with Gasteiger partial charge in [-0.1, -0.05) is 30.7 Å². The van der Waals surface area contributed by atoms with Gasteiger partial charge in [0.2, 0.25) is 0 Å². The Morgan fingerprint density at radius 3 is 2.63 bits per heavy atom. The largest absolute Gasteiger partial charge is 0.382 e. The van der Waals surface area contributed by atoms with E-state index >= 15 is 0 Å². The first-order valence-corrected chi connectivity index (χ1v) is 7.48. The fraction of sp³-hybridized carbons (Fsp3) is 0.625. The molecule has 0 saturated heterocycles. The Morgan fingerprint density at radius 2 is 2.05 bits per heavy atom. The molecule has 0 heterocycles. The van der Waals surface area contributed by atoms with Crippen LogP contribution in [0.4, 0.5) is 0 Å². The summed E-state index contributed by atoms with van der Waals surface area (Å²) >= 11 is 6.23. The zero-order valence-electron chi connectivity index (χ0n) is 12.5. The smallest absolute Gasteiger partial charge is 0.0543 e. The van der Waals surface area contributed by atoms with Gasteiger partial charge in [-0.3, -0.25) is 0 Å². The Labute approximate surface area is 122 Å². The fourth-order valence-electron chi connectivity index (χ4n) is 2.05. The van der Waals surface area contributed by atoms with Crippen molar-refractivity contribution in [3.63, 3.8) is 0 Å². The molecule has 1 aromatic carbocycles. The van der Waals surface area contributed by atoms with E-state index in [2.05, 4.69) is 37.4 Å². The molecule has 0 aliphatic carbocycles. The minimum absolute atomic E-state index is 0.298. The second-order valence-electron chi connectivity index (χ2n) is 5.14. The summed E-state index contributed by atoms with van der Waals surface area (Å²) < 4.78 is 5.33. The highest BCUT2D eigenvalue weighted by Gasteiger charge is 2.13. The highest BCUT2D eigenvalue weighted by molar-refractivity contribution is 6.31. The summed E-state index contributed by atoms with van der Waals surface area (Å²) in [7, 11) is 1.77. The van der Waals surface area contributed by atoms with E-state index in [1.165, 1.54) is 5.56 Å². The van der Waals surface area contributed by atoms with Crippen molar-refractivity contribution in [2.45, 2.75) is 52.2 Å². The molecule has 0 amide bonds. The SMILES string of the molecule is CCCNC(CCC(C)OC)c1ccc(C)c(Cl)c1. The maximum absolute atomic E-state index is 6.23. The molecule has 1 rings (SSSR count). The first kappa shape index (κ1) is 16.5. The molecule has 0 radical (unpaired) electrons. The Bertz CT molecular complexity index is 381. The predicted octanol–water partition coefficient (Wildman–Crippen LogP) is 4.50. The molecule has 3 heteroatoms. The van der Waals surface area contributed by atoms with Gasteiger partial charge in [-0.05, 0) is 56.8 Å². The van der Waals surface area contributed by atoms with Crippen LogP contribution in [0.25, 0.3) is 0 Å². The van der Waals surface area contributed by atoms with Crippen molar-refractivity contribution in [3.8, 4) is 0 Å². The van der Waals surface area contributed by atoms with Crippen molar-refractivity contribution in [3.05, 3.63) is 34.3 Å². The molecule has 0 fully saturated rings. The van der Waals surface area contributed by atoms with Crippen LogP contribution in [0.3, 0.4) is 0 Å². The summed E-state index contributed by atoms with van der Waals surface area (Å²) in [5, 5.41) is 4.45. The van der Waals surface area contributed by atoms with Crippen LogP contribution in [0.2, 0.25) is 5.02 Å². The highest BCUT2D eigenvalue weighted by Crippen LogP contribution is 2.25. The number of halogens is 1. The Kier molecular flexibility index (Phi) is 7.44. The highest BCUT2D eigenvalue weighted by atomic mass is 35.5. The summed E-state index contributed by atoms with van der Waals surface area (Å²) in [6.45, 7) is 7.36. The lowest BCUT2D eigenvalue weighted by Gasteiger charge is -2.21. The van der Waals surface area contributed by atoms with Gasteiger partial charge in [0, 0.05) is 18.2 Å². The maximum atomic E-state index is 6.23. The second kappa shape index (κ2) is 8.57. The quantitative estimate of drug-likeness (QED) is 0.758. The number of benzene rings is 1. The number of nitrogens with one attached hydrogen (secondary N) is 1. The summed E-state index contributed by atoms with van der Waals surface area (Å²) in [6.07, 6.45) is 3.54. The minimum atomic E-state index is 0.298. The lowest BCUT2D eigenvalue weighted by atomic mass is 9.99. The first-order chi connectivity index (χ1) is 9.08. The lowest BCUT2D eigenvalue weighted by Crippen LogP contribution is -2.23. The van der Waals surface area contributed by atoms with Gasteiger partial charge in [0.25, 0.3) is 0 Å². The third-order valence-corrected chi connectivity index (χ3v) is 3.91. The zero-order chi connectivity index (χ0) is 14.3. The monoisotopic (exact) mass is 283 g/mol. The fourth-order valence-corrected chi connectivity index (χ4v) is 2.24. The molecule has 2 unspecified atom stereocenters. The lowest BCUT2D eigenvalue weighted by molar-refractivity contribution is 0.106. The third kappa shape index (κ3) is 5.52. The van der Waals surface area contributed by atoms with Crippen molar-refractivity contribution < 1.29 is 4.74 Å². The molecule has 0 bridgehead atoms. The van der Waals surface area contributed by atoms with E-state index in [1.54, 1.807) is 7.11 Å². The molecule has 2 nitrogen and oxygen atoms in total. The molecule has 0 saturated carbocycles. The Hall–Kier alpha value is -0.570. The minimum Gasteiger partial charge on any atom is -0.382 e. The van der Waals surface area contributed by atoms with Gasteiger partial charge >= 0.3 is 0 Å². The van der Waals surface area contributed by atoms with Crippen LogP contribution >= 0.6 is 11.6 Å². The van der Waals surface area contributed by atoms with Crippen LogP contribution in [0.1, 0.15) is 50.3 Å². The van der Waals surface area contributed by atoms with Gasteiger partial charge in [0.1, 0.15) is 0 Å². The first-order valence-electron chi connectivity index (χ1n) is 7.10. The molecule has 0 aliphatic heterocycles. The Balaban J connectivity index is 2.73. The number of hydrogen-bond acceptors (Lipinski definition) is 2. The molecule has 108 valence electrons. The molecular formula is C16H26ClNO. The number of ether oxygens (including phenoxy) is 1. The number of rotatable bonds is 8. The van der Waals surface area contributed by atoms with Crippen LogP contribution in [-0.4, -0.2) is 19.8 Å². The average Bonchev–Trinajstić information content (AvgIpc) is 2.42. The molecule has 1 aromatic rings. The van der Waals surface area contributed by atoms with Gasteiger partial charge in [0.15, 0.2) is 0 Å². The zero-order valence-corrected chi connectivity index (χ0v) is 13.3. The molecule has 0 aromatic heterocycles. The normalized spacial score (nSPS) is 14.4. The van der Waals surface area contributed by atoms with Gasteiger partial charge in [-0.15, -0.1) is 0 Å². The molecule has 19 heavy (non-hydrogen) atoms. The van der Waals surface area contributed by atoms with E-state index in [9.17, 15) is 0 Å². The van der Waals surface area contributed by atoms with Crippen molar-refractivity contribution in [2.75, 3.05) is 13.7 Å². The van der Waals surface area contributed by atoms with Gasteiger partial charge in [0.05, 0.1) is 6.10 Å². The van der Waals surface area contributed by atoms with E-state index in [1.807, 2.05) is 6.92 Å². The van der Waals surface area contributed by atoms with Crippen LogP contribution in [0.5, 0.6) is 0 Å². The molecule has 0 spiro atoms. The Morgan fingerprint density at radius 1 is 1.32 bits per heavy atom.